The van der Waals surface area contributed by atoms with E-state index in [1.807, 2.05) is 0 Å². The average molecular weight is 432 g/mol. The van der Waals surface area contributed by atoms with Gasteiger partial charge in [-0.05, 0) is 0 Å². The van der Waals surface area contributed by atoms with Gasteiger partial charge in [0.1, 0.15) is 0 Å². The summed E-state index contributed by atoms with van der Waals surface area (Å²) >= 11 is 0. The molecule has 0 aromatic rings. The first-order valence-electron chi connectivity index (χ1n) is 6.14. The Morgan fingerprint density at radius 3 is 1.32 bits per heavy atom. The molecular weight excluding hydrogens is 401 g/mol. The first-order chi connectivity index (χ1) is 8.46. The summed E-state index contributed by atoms with van der Waals surface area (Å²) in [5.74, 6) is 0. The van der Waals surface area contributed by atoms with E-state index in [-0.39, 0.29) is 25.8 Å². The zero-order chi connectivity index (χ0) is 15.0. The number of hydrogen-bond acceptors (Lipinski definition) is 0. The van der Waals surface area contributed by atoms with Crippen LogP contribution in [0.2, 0.25) is 0 Å². The van der Waals surface area contributed by atoms with E-state index in [0.717, 1.165) is 6.42 Å². The van der Waals surface area contributed by atoms with Crippen LogP contribution in [0, 0.1) is 6.08 Å². The molecule has 0 saturated heterocycles. The maximum absolute atomic E-state index is 3.50. The molecule has 19 heavy (non-hydrogen) atoms. The summed E-state index contributed by atoms with van der Waals surface area (Å²) in [6.07, 6.45) is 5.65. The van der Waals surface area contributed by atoms with Crippen molar-refractivity contribution in [1.82, 2.24) is 0 Å². The third-order valence-electron chi connectivity index (χ3n) is 2.09. The van der Waals surface area contributed by atoms with Gasteiger partial charge in [0, 0.05) is 0 Å². The first kappa shape index (κ1) is 27.6. The van der Waals surface area contributed by atoms with Gasteiger partial charge in [-0.15, -0.1) is 13.3 Å². The van der Waals surface area contributed by atoms with Crippen LogP contribution in [0.25, 0.3) is 16.0 Å². The van der Waals surface area contributed by atoms with Crippen molar-refractivity contribution in [3.63, 3.8) is 0 Å². The van der Waals surface area contributed by atoms with E-state index in [0.29, 0.717) is 0 Å². The molecule has 0 bridgehead atoms. The second kappa shape index (κ2) is 23.3. The van der Waals surface area contributed by atoms with Crippen LogP contribution in [0.1, 0.15) is 33.6 Å². The molecule has 110 valence electrons. The van der Waals surface area contributed by atoms with E-state index in [1.165, 1.54) is 23.1 Å². The molecule has 0 amide bonds. The molecular formula is C15H31HfN3. The minimum Gasteiger partial charge on any atom is -0.668 e. The standard InChI is InChI=1S/C9H13.3C2H6N.Hf/c1-7-5-4-6-8(2)9(7)3;3*1-3-2;/h4-5H2,1-3H3;3*1-2H3;/q4*-1;+4. The zero-order valence-electron chi connectivity index (χ0n) is 14.3. The van der Waals surface area contributed by atoms with Gasteiger partial charge in [0.15, 0.2) is 0 Å². The second-order valence-electron chi connectivity index (χ2n) is 4.05. The van der Waals surface area contributed by atoms with Gasteiger partial charge in [0.05, 0.1) is 0 Å². The molecule has 4 heteroatoms. The fourth-order valence-electron chi connectivity index (χ4n) is 1.08. The molecule has 1 aliphatic rings. The van der Waals surface area contributed by atoms with Gasteiger partial charge in [-0.25, -0.2) is 5.57 Å². The Balaban J connectivity index is -0.0000000956. The fraction of sp³-hybridized carbons (Fsp3) is 0.733. The topological polar surface area (TPSA) is 42.3 Å². The zero-order valence-corrected chi connectivity index (χ0v) is 17.8. The van der Waals surface area contributed by atoms with Crippen molar-refractivity contribution in [3.05, 3.63) is 38.7 Å². The smallest absolute Gasteiger partial charge is 0.668 e. The van der Waals surface area contributed by atoms with Gasteiger partial charge in [0.25, 0.3) is 0 Å². The summed E-state index contributed by atoms with van der Waals surface area (Å²) in [6, 6.07) is 0. The first-order valence-corrected chi connectivity index (χ1v) is 6.14. The predicted molar refractivity (Wildman–Crippen MR) is 85.7 cm³/mol. The summed E-state index contributed by atoms with van der Waals surface area (Å²) in [4.78, 5) is 0. The third kappa shape index (κ3) is 23.7. The van der Waals surface area contributed by atoms with Gasteiger partial charge in [-0.1, -0.05) is 20.3 Å². The van der Waals surface area contributed by atoms with E-state index in [9.17, 15) is 0 Å². The molecule has 0 N–H and O–H groups in total. The molecule has 1 aliphatic carbocycles. The second-order valence-corrected chi connectivity index (χ2v) is 4.05. The van der Waals surface area contributed by atoms with Crippen LogP contribution in [-0.2, 0) is 25.8 Å². The third-order valence-corrected chi connectivity index (χ3v) is 2.09. The molecule has 0 aliphatic heterocycles. The van der Waals surface area contributed by atoms with Gasteiger partial charge >= 0.3 is 25.8 Å². The summed E-state index contributed by atoms with van der Waals surface area (Å²) < 4.78 is 0. The average Bonchev–Trinajstić information content (AvgIpc) is 2.29. The van der Waals surface area contributed by atoms with Gasteiger partial charge in [-0.3, -0.25) is 6.08 Å². The van der Waals surface area contributed by atoms with E-state index in [4.69, 9.17) is 0 Å². The Hall–Kier alpha value is 0.230. The predicted octanol–water partition coefficient (Wildman–Crippen LogP) is 4.72. The molecule has 0 heterocycles. The Kier molecular flexibility index (Phi) is 33.8. The summed E-state index contributed by atoms with van der Waals surface area (Å²) in [5, 5.41) is 10.5. The van der Waals surface area contributed by atoms with Crippen molar-refractivity contribution in [1.29, 1.82) is 0 Å². The van der Waals surface area contributed by atoms with Crippen molar-refractivity contribution in [2.75, 3.05) is 42.3 Å². The van der Waals surface area contributed by atoms with E-state index in [2.05, 4.69) is 42.8 Å². The minimum absolute atomic E-state index is 0. The van der Waals surface area contributed by atoms with E-state index < -0.39 is 0 Å². The molecule has 0 aromatic heterocycles. The van der Waals surface area contributed by atoms with Crippen LogP contribution in [0.4, 0.5) is 0 Å². The van der Waals surface area contributed by atoms with Crippen molar-refractivity contribution >= 4 is 0 Å². The fourth-order valence-corrected chi connectivity index (χ4v) is 1.08. The monoisotopic (exact) mass is 433 g/mol. The minimum atomic E-state index is 0. The summed E-state index contributed by atoms with van der Waals surface area (Å²) in [7, 11) is 10.5. The number of nitrogens with zero attached hydrogens (tertiary/aromatic N) is 3. The molecule has 0 saturated carbocycles. The normalized spacial score (nSPS) is 12.4. The molecule has 1 rings (SSSR count). The maximum atomic E-state index is 3.50. The molecule has 0 unspecified atom stereocenters. The van der Waals surface area contributed by atoms with Crippen LogP contribution in [0.3, 0.4) is 0 Å². The quantitative estimate of drug-likeness (QED) is 0.393. The van der Waals surface area contributed by atoms with Crippen LogP contribution >= 0.6 is 0 Å². The Morgan fingerprint density at radius 2 is 1.11 bits per heavy atom. The summed E-state index contributed by atoms with van der Waals surface area (Å²) in [5.41, 5.74) is 4.33. The van der Waals surface area contributed by atoms with Crippen LogP contribution < -0.4 is 0 Å². The van der Waals surface area contributed by atoms with E-state index >= 15 is 0 Å². The van der Waals surface area contributed by atoms with E-state index in [1.54, 1.807) is 42.3 Å². The van der Waals surface area contributed by atoms with Crippen LogP contribution in [-0.4, -0.2) is 42.3 Å². The molecule has 0 spiro atoms. The Labute approximate surface area is 140 Å². The maximum Gasteiger partial charge on any atom is 4.00 e. The van der Waals surface area contributed by atoms with Crippen molar-refractivity contribution < 1.29 is 25.8 Å². The number of hydrogen-bond donors (Lipinski definition) is 0. The molecule has 0 radical (unpaired) electrons. The Bertz CT molecular complexity index is 219. The number of allylic oxidation sites excluding steroid dienone is 4. The van der Waals surface area contributed by atoms with Gasteiger partial charge < -0.3 is 16.0 Å². The molecule has 0 fully saturated rings. The Morgan fingerprint density at radius 1 is 0.789 bits per heavy atom. The SMILES string of the molecule is CC1=[C-]CCC(C)=C1C.C[N-]C.C[N-]C.C[N-]C.[Hf+4]. The largest absolute Gasteiger partial charge is 4.00 e. The van der Waals surface area contributed by atoms with Crippen molar-refractivity contribution in [3.8, 4) is 0 Å². The molecule has 0 aromatic carbocycles. The van der Waals surface area contributed by atoms with Gasteiger partial charge in [-0.2, -0.15) is 53.4 Å². The van der Waals surface area contributed by atoms with Crippen molar-refractivity contribution in [2.45, 2.75) is 33.6 Å². The molecule has 0 atom stereocenters. The molecule has 3 nitrogen and oxygen atoms in total. The van der Waals surface area contributed by atoms with Crippen molar-refractivity contribution in [2.24, 2.45) is 0 Å². The summed E-state index contributed by atoms with van der Waals surface area (Å²) in [6.45, 7) is 6.52. The van der Waals surface area contributed by atoms with Crippen LogP contribution in [0.15, 0.2) is 16.7 Å². The van der Waals surface area contributed by atoms with Crippen LogP contribution in [0.5, 0.6) is 0 Å². The number of rotatable bonds is 0. The van der Waals surface area contributed by atoms with Gasteiger partial charge in [0.2, 0.25) is 0 Å².